The number of anilines is 1. The van der Waals surface area contributed by atoms with Crippen molar-refractivity contribution in [2.24, 2.45) is 5.92 Å². The Morgan fingerprint density at radius 1 is 1.52 bits per heavy atom. The standard InChI is InChI=1S/C15H24N4O2/c1-12-5-3-6-15(9-12,11-20)18-13(21)10-19(2)14-16-7-4-8-17-14/h4,7-8,12,20H,3,5-6,9-11H2,1-2H3,(H,18,21). The van der Waals surface area contributed by atoms with Gasteiger partial charge in [0, 0.05) is 19.4 Å². The van der Waals surface area contributed by atoms with E-state index in [1.165, 1.54) is 0 Å². The number of nitrogens with one attached hydrogen (secondary N) is 1. The summed E-state index contributed by atoms with van der Waals surface area (Å²) in [5, 5.41) is 12.7. The van der Waals surface area contributed by atoms with E-state index in [9.17, 15) is 9.90 Å². The molecular formula is C15H24N4O2. The Labute approximate surface area is 125 Å². The summed E-state index contributed by atoms with van der Waals surface area (Å²) in [6.45, 7) is 2.34. The molecule has 1 fully saturated rings. The van der Waals surface area contributed by atoms with Crippen LogP contribution >= 0.6 is 0 Å². The normalized spacial score (nSPS) is 25.4. The molecular weight excluding hydrogens is 268 g/mol. The Morgan fingerprint density at radius 2 is 2.24 bits per heavy atom. The van der Waals surface area contributed by atoms with Crippen molar-refractivity contribution in [1.29, 1.82) is 0 Å². The Hall–Kier alpha value is -1.69. The summed E-state index contributed by atoms with van der Waals surface area (Å²) in [6, 6.07) is 1.74. The molecule has 2 unspecified atom stereocenters. The van der Waals surface area contributed by atoms with Crippen LogP contribution in [0.1, 0.15) is 32.6 Å². The number of aliphatic hydroxyl groups excluding tert-OH is 1. The predicted molar refractivity (Wildman–Crippen MR) is 80.9 cm³/mol. The van der Waals surface area contributed by atoms with Gasteiger partial charge in [-0.1, -0.05) is 19.8 Å². The van der Waals surface area contributed by atoms with Gasteiger partial charge < -0.3 is 15.3 Å². The van der Waals surface area contributed by atoms with Gasteiger partial charge in [-0.05, 0) is 24.8 Å². The highest BCUT2D eigenvalue weighted by molar-refractivity contribution is 5.81. The third kappa shape index (κ3) is 4.14. The van der Waals surface area contributed by atoms with Crippen LogP contribution in [0.3, 0.4) is 0 Å². The van der Waals surface area contributed by atoms with Gasteiger partial charge in [0.05, 0.1) is 18.7 Å². The molecule has 1 aromatic heterocycles. The average Bonchev–Trinajstić information content (AvgIpc) is 2.48. The van der Waals surface area contributed by atoms with Crippen LogP contribution in [0.4, 0.5) is 5.95 Å². The molecule has 0 saturated heterocycles. The van der Waals surface area contributed by atoms with Crippen molar-refractivity contribution in [2.45, 2.75) is 38.1 Å². The molecule has 0 aromatic carbocycles. The monoisotopic (exact) mass is 292 g/mol. The summed E-state index contributed by atoms with van der Waals surface area (Å²) in [6.07, 6.45) is 7.17. The number of carbonyl (C=O) groups excluding carboxylic acids is 1. The number of aliphatic hydroxyl groups is 1. The highest BCUT2D eigenvalue weighted by Gasteiger charge is 2.35. The number of likely N-dealkylation sites (N-methyl/N-ethyl adjacent to an activating group) is 1. The van der Waals surface area contributed by atoms with E-state index in [1.54, 1.807) is 30.4 Å². The molecule has 6 heteroatoms. The largest absolute Gasteiger partial charge is 0.394 e. The van der Waals surface area contributed by atoms with Gasteiger partial charge in [0.25, 0.3) is 0 Å². The lowest BCUT2D eigenvalue weighted by atomic mass is 9.77. The van der Waals surface area contributed by atoms with Crippen molar-refractivity contribution in [2.75, 3.05) is 25.1 Å². The maximum Gasteiger partial charge on any atom is 0.240 e. The van der Waals surface area contributed by atoms with Gasteiger partial charge in [0.15, 0.2) is 0 Å². The number of aromatic nitrogens is 2. The number of rotatable bonds is 5. The summed E-state index contributed by atoms with van der Waals surface area (Å²) < 4.78 is 0. The van der Waals surface area contributed by atoms with Gasteiger partial charge in [-0.15, -0.1) is 0 Å². The Morgan fingerprint density at radius 3 is 2.86 bits per heavy atom. The SMILES string of the molecule is CC1CCCC(CO)(NC(=O)CN(C)c2ncccn2)C1. The Bertz CT molecular complexity index is 468. The first-order valence-electron chi connectivity index (χ1n) is 7.45. The van der Waals surface area contributed by atoms with E-state index in [2.05, 4.69) is 22.2 Å². The Kier molecular flexibility index (Phi) is 5.12. The van der Waals surface area contributed by atoms with Crippen LogP contribution in [-0.4, -0.2) is 46.7 Å². The van der Waals surface area contributed by atoms with E-state index in [-0.39, 0.29) is 19.1 Å². The van der Waals surface area contributed by atoms with E-state index in [0.717, 1.165) is 25.7 Å². The third-order valence-corrected chi connectivity index (χ3v) is 4.07. The number of nitrogens with zero attached hydrogens (tertiary/aromatic N) is 3. The molecule has 1 heterocycles. The fourth-order valence-corrected chi connectivity index (χ4v) is 3.07. The summed E-state index contributed by atoms with van der Waals surface area (Å²) in [7, 11) is 1.78. The second-order valence-corrected chi connectivity index (χ2v) is 6.09. The third-order valence-electron chi connectivity index (χ3n) is 4.07. The lowest BCUT2D eigenvalue weighted by Gasteiger charge is -2.39. The van der Waals surface area contributed by atoms with Crippen LogP contribution < -0.4 is 10.2 Å². The van der Waals surface area contributed by atoms with E-state index in [4.69, 9.17) is 0 Å². The zero-order chi connectivity index (χ0) is 15.3. The highest BCUT2D eigenvalue weighted by Crippen LogP contribution is 2.31. The average molecular weight is 292 g/mol. The summed E-state index contributed by atoms with van der Waals surface area (Å²) >= 11 is 0. The molecule has 116 valence electrons. The lowest BCUT2D eigenvalue weighted by Crippen LogP contribution is -2.55. The molecule has 1 aliphatic carbocycles. The first kappa shape index (κ1) is 15.7. The fourth-order valence-electron chi connectivity index (χ4n) is 3.07. The second kappa shape index (κ2) is 6.85. The molecule has 1 saturated carbocycles. The minimum Gasteiger partial charge on any atom is -0.394 e. The van der Waals surface area contributed by atoms with E-state index < -0.39 is 5.54 Å². The van der Waals surface area contributed by atoms with Crippen LogP contribution in [0.25, 0.3) is 0 Å². The molecule has 1 aromatic rings. The maximum absolute atomic E-state index is 12.2. The van der Waals surface area contributed by atoms with Gasteiger partial charge in [-0.2, -0.15) is 0 Å². The smallest absolute Gasteiger partial charge is 0.240 e. The minimum absolute atomic E-state index is 0.00533. The van der Waals surface area contributed by atoms with E-state index in [0.29, 0.717) is 11.9 Å². The van der Waals surface area contributed by atoms with Crippen LogP contribution in [0.15, 0.2) is 18.5 Å². The van der Waals surface area contributed by atoms with Crippen molar-refractivity contribution in [3.63, 3.8) is 0 Å². The first-order valence-corrected chi connectivity index (χ1v) is 7.45. The van der Waals surface area contributed by atoms with Crippen molar-refractivity contribution in [1.82, 2.24) is 15.3 Å². The van der Waals surface area contributed by atoms with Gasteiger partial charge in [-0.25, -0.2) is 9.97 Å². The number of hydrogen-bond donors (Lipinski definition) is 2. The minimum atomic E-state index is -0.465. The molecule has 2 N–H and O–H groups in total. The molecule has 0 aliphatic heterocycles. The topological polar surface area (TPSA) is 78.4 Å². The molecule has 6 nitrogen and oxygen atoms in total. The lowest BCUT2D eigenvalue weighted by molar-refractivity contribution is -0.123. The fraction of sp³-hybridized carbons (Fsp3) is 0.667. The molecule has 2 rings (SSSR count). The number of hydrogen-bond acceptors (Lipinski definition) is 5. The molecule has 1 amide bonds. The van der Waals surface area contributed by atoms with Gasteiger partial charge in [0.2, 0.25) is 11.9 Å². The number of carbonyl (C=O) groups is 1. The van der Waals surface area contributed by atoms with Gasteiger partial charge in [0.1, 0.15) is 0 Å². The van der Waals surface area contributed by atoms with Crippen LogP contribution in [0.2, 0.25) is 0 Å². The van der Waals surface area contributed by atoms with Crippen molar-refractivity contribution in [3.05, 3.63) is 18.5 Å². The van der Waals surface area contributed by atoms with Crippen molar-refractivity contribution < 1.29 is 9.90 Å². The van der Waals surface area contributed by atoms with E-state index in [1.807, 2.05) is 0 Å². The summed E-state index contributed by atoms with van der Waals surface area (Å²) in [5.74, 6) is 0.942. The number of amides is 1. The summed E-state index contributed by atoms with van der Waals surface area (Å²) in [4.78, 5) is 22.2. The molecule has 1 aliphatic rings. The molecule has 0 bridgehead atoms. The Balaban J connectivity index is 1.94. The molecule has 2 atom stereocenters. The van der Waals surface area contributed by atoms with Crippen molar-refractivity contribution in [3.8, 4) is 0 Å². The predicted octanol–water partition coefficient (Wildman–Crippen LogP) is 0.970. The zero-order valence-electron chi connectivity index (χ0n) is 12.7. The zero-order valence-corrected chi connectivity index (χ0v) is 12.7. The van der Waals surface area contributed by atoms with E-state index >= 15 is 0 Å². The van der Waals surface area contributed by atoms with Crippen LogP contribution in [0.5, 0.6) is 0 Å². The molecule has 0 spiro atoms. The van der Waals surface area contributed by atoms with Gasteiger partial charge >= 0.3 is 0 Å². The van der Waals surface area contributed by atoms with Crippen molar-refractivity contribution >= 4 is 11.9 Å². The van der Waals surface area contributed by atoms with Crippen LogP contribution in [0, 0.1) is 5.92 Å². The summed E-state index contributed by atoms with van der Waals surface area (Å²) in [5.41, 5.74) is -0.465. The first-order chi connectivity index (χ1) is 10.0. The quantitative estimate of drug-likeness (QED) is 0.845. The molecule has 21 heavy (non-hydrogen) atoms. The maximum atomic E-state index is 12.2. The van der Waals surface area contributed by atoms with Crippen LogP contribution in [-0.2, 0) is 4.79 Å². The van der Waals surface area contributed by atoms with Gasteiger partial charge in [-0.3, -0.25) is 4.79 Å². The molecule has 0 radical (unpaired) electrons. The second-order valence-electron chi connectivity index (χ2n) is 6.09. The highest BCUT2D eigenvalue weighted by atomic mass is 16.3.